The van der Waals surface area contributed by atoms with Crippen LogP contribution < -0.4 is 20.3 Å². The molecule has 5 rings (SSSR count). The van der Waals surface area contributed by atoms with Crippen molar-refractivity contribution >= 4 is 51.7 Å². The number of nitrogens with zero attached hydrogens (tertiary/aromatic N) is 3. The minimum atomic E-state index is -0.243. The summed E-state index contributed by atoms with van der Waals surface area (Å²) in [5, 5.41) is 3.29. The molecule has 1 fully saturated rings. The monoisotopic (exact) mass is 508 g/mol. The van der Waals surface area contributed by atoms with Gasteiger partial charge in [0.15, 0.2) is 11.5 Å². The lowest BCUT2D eigenvalue weighted by Gasteiger charge is -2.14. The van der Waals surface area contributed by atoms with Crippen LogP contribution >= 0.6 is 24.0 Å². The fraction of sp³-hybridized carbons (Fsp3) is 0.280. The van der Waals surface area contributed by atoms with E-state index in [0.717, 1.165) is 24.8 Å². The maximum absolute atomic E-state index is 13.3. The molecule has 0 unspecified atom stereocenters. The Balaban J connectivity index is 1.45. The van der Waals surface area contributed by atoms with Gasteiger partial charge in [-0.1, -0.05) is 55.9 Å². The number of benzene rings is 1. The smallest absolute Gasteiger partial charge is 0.267 e. The van der Waals surface area contributed by atoms with Gasteiger partial charge in [-0.3, -0.25) is 18.9 Å². The van der Waals surface area contributed by atoms with Crippen LogP contribution in [0.5, 0.6) is 11.5 Å². The van der Waals surface area contributed by atoms with Crippen molar-refractivity contribution in [2.24, 2.45) is 0 Å². The molecule has 8 nitrogen and oxygen atoms in total. The Morgan fingerprint density at radius 3 is 2.89 bits per heavy atom. The SMILES string of the molecule is CCCCCNc1nc2ccccn2c(=O)c1C=C1SC(=S)N(Cc2ccc3c(c2)OCO3)C1=O. The van der Waals surface area contributed by atoms with Gasteiger partial charge >= 0.3 is 0 Å². The number of nitrogens with one attached hydrogen (secondary N) is 1. The average molecular weight is 509 g/mol. The average Bonchev–Trinajstić information content (AvgIpc) is 3.43. The van der Waals surface area contributed by atoms with E-state index in [1.807, 2.05) is 24.3 Å². The second kappa shape index (κ2) is 10.1. The zero-order chi connectivity index (χ0) is 24.4. The molecule has 0 saturated carbocycles. The van der Waals surface area contributed by atoms with Gasteiger partial charge in [-0.2, -0.15) is 0 Å². The number of rotatable bonds is 8. The summed E-state index contributed by atoms with van der Waals surface area (Å²) < 4.78 is 12.7. The normalized spacial score (nSPS) is 16.0. The zero-order valence-electron chi connectivity index (χ0n) is 19.2. The molecule has 2 aliphatic heterocycles. The van der Waals surface area contributed by atoms with Gasteiger partial charge in [-0.25, -0.2) is 4.98 Å². The van der Waals surface area contributed by atoms with E-state index in [0.29, 0.717) is 50.8 Å². The number of amides is 1. The van der Waals surface area contributed by atoms with E-state index in [4.69, 9.17) is 21.7 Å². The maximum Gasteiger partial charge on any atom is 0.267 e. The van der Waals surface area contributed by atoms with E-state index in [1.165, 1.54) is 21.1 Å². The number of pyridine rings is 1. The molecule has 180 valence electrons. The first kappa shape index (κ1) is 23.4. The molecule has 0 atom stereocenters. The topological polar surface area (TPSA) is 85.2 Å². The lowest BCUT2D eigenvalue weighted by atomic mass is 10.2. The molecular weight excluding hydrogens is 484 g/mol. The summed E-state index contributed by atoms with van der Waals surface area (Å²) in [6.07, 6.45) is 6.41. The predicted octanol–water partition coefficient (Wildman–Crippen LogP) is 4.43. The van der Waals surface area contributed by atoms with Crippen molar-refractivity contribution in [2.45, 2.75) is 32.7 Å². The van der Waals surface area contributed by atoms with Gasteiger partial charge < -0.3 is 14.8 Å². The highest BCUT2D eigenvalue weighted by molar-refractivity contribution is 8.26. The van der Waals surface area contributed by atoms with Crippen LogP contribution in [0, 0.1) is 0 Å². The summed E-state index contributed by atoms with van der Waals surface area (Å²) in [5.41, 5.74) is 1.52. The van der Waals surface area contributed by atoms with Crippen molar-refractivity contribution in [3.63, 3.8) is 0 Å². The highest BCUT2D eigenvalue weighted by atomic mass is 32.2. The minimum absolute atomic E-state index is 0.187. The first-order valence-electron chi connectivity index (χ1n) is 11.4. The fourth-order valence-corrected chi connectivity index (χ4v) is 5.18. The number of ether oxygens (including phenoxy) is 2. The summed E-state index contributed by atoms with van der Waals surface area (Å²) >= 11 is 6.69. The molecule has 1 saturated heterocycles. The number of hydrogen-bond donors (Lipinski definition) is 1. The van der Waals surface area contributed by atoms with Crippen LogP contribution in [0.1, 0.15) is 37.3 Å². The second-order valence-electron chi connectivity index (χ2n) is 8.20. The predicted molar refractivity (Wildman–Crippen MR) is 141 cm³/mol. The number of carbonyl (C=O) groups is 1. The van der Waals surface area contributed by atoms with Gasteiger partial charge in [0.1, 0.15) is 15.8 Å². The van der Waals surface area contributed by atoms with Crippen LogP contribution in [-0.2, 0) is 11.3 Å². The Labute approximate surface area is 211 Å². The number of aromatic nitrogens is 2. The number of thioether (sulfide) groups is 1. The first-order chi connectivity index (χ1) is 17.0. The molecular formula is C25H24N4O4S2. The Bertz CT molecular complexity index is 1400. The number of anilines is 1. The van der Waals surface area contributed by atoms with Crippen LogP contribution in [-0.4, -0.2) is 37.8 Å². The third-order valence-corrected chi connectivity index (χ3v) is 7.15. The van der Waals surface area contributed by atoms with Crippen molar-refractivity contribution < 1.29 is 14.3 Å². The van der Waals surface area contributed by atoms with Gasteiger partial charge in [0.25, 0.3) is 11.5 Å². The second-order valence-corrected chi connectivity index (χ2v) is 9.87. The summed E-state index contributed by atoms with van der Waals surface area (Å²) in [7, 11) is 0. The molecule has 0 radical (unpaired) electrons. The molecule has 0 bridgehead atoms. The zero-order valence-corrected chi connectivity index (χ0v) is 20.8. The molecule has 1 aromatic carbocycles. The van der Waals surface area contributed by atoms with Gasteiger partial charge in [0.2, 0.25) is 6.79 Å². The maximum atomic E-state index is 13.3. The third kappa shape index (κ3) is 4.76. The fourth-order valence-electron chi connectivity index (χ4n) is 3.94. The van der Waals surface area contributed by atoms with E-state index in [9.17, 15) is 9.59 Å². The van der Waals surface area contributed by atoms with Crippen LogP contribution in [0.3, 0.4) is 0 Å². The van der Waals surface area contributed by atoms with Crippen LogP contribution in [0.2, 0.25) is 0 Å². The highest BCUT2D eigenvalue weighted by Crippen LogP contribution is 2.36. The molecule has 2 aromatic heterocycles. The van der Waals surface area contributed by atoms with Crippen LogP contribution in [0.15, 0.2) is 52.3 Å². The van der Waals surface area contributed by atoms with E-state index in [1.54, 1.807) is 24.4 Å². The minimum Gasteiger partial charge on any atom is -0.454 e. The lowest BCUT2D eigenvalue weighted by molar-refractivity contribution is -0.122. The number of carbonyl (C=O) groups excluding carboxylic acids is 1. The molecule has 3 aromatic rings. The molecule has 10 heteroatoms. The Morgan fingerprint density at radius 2 is 2.03 bits per heavy atom. The highest BCUT2D eigenvalue weighted by Gasteiger charge is 2.33. The Morgan fingerprint density at radius 1 is 1.17 bits per heavy atom. The Kier molecular flexibility index (Phi) is 6.74. The van der Waals surface area contributed by atoms with E-state index in [2.05, 4.69) is 17.2 Å². The summed E-state index contributed by atoms with van der Waals surface area (Å²) in [4.78, 5) is 33.2. The van der Waals surface area contributed by atoms with E-state index >= 15 is 0 Å². The third-order valence-electron chi connectivity index (χ3n) is 5.77. The lowest BCUT2D eigenvalue weighted by Crippen LogP contribution is -2.27. The van der Waals surface area contributed by atoms with Gasteiger partial charge in [0, 0.05) is 12.7 Å². The number of hydrogen-bond acceptors (Lipinski definition) is 8. The van der Waals surface area contributed by atoms with Crippen LogP contribution in [0.4, 0.5) is 5.82 Å². The first-order valence-corrected chi connectivity index (χ1v) is 12.7. The standard InChI is InChI=1S/C25H24N4O4S2/c1-2-3-5-10-26-22-17(23(30)28-11-6-4-7-21(28)27-22)13-20-24(31)29(25(34)35-20)14-16-8-9-18-19(12-16)33-15-32-18/h4,6-9,11-13,26H,2-3,5,10,14-15H2,1H3. The largest absolute Gasteiger partial charge is 0.454 e. The molecule has 4 heterocycles. The van der Waals surface area contributed by atoms with Crippen molar-refractivity contribution in [1.82, 2.24) is 14.3 Å². The van der Waals surface area contributed by atoms with Crippen molar-refractivity contribution in [3.8, 4) is 11.5 Å². The number of unbranched alkanes of at least 4 members (excludes halogenated alkanes) is 2. The van der Waals surface area contributed by atoms with Gasteiger partial charge in [-0.15, -0.1) is 0 Å². The van der Waals surface area contributed by atoms with Gasteiger partial charge in [0.05, 0.1) is 17.0 Å². The van der Waals surface area contributed by atoms with E-state index < -0.39 is 0 Å². The summed E-state index contributed by atoms with van der Waals surface area (Å²) in [5.74, 6) is 1.56. The summed E-state index contributed by atoms with van der Waals surface area (Å²) in [6.45, 7) is 3.31. The number of fused-ring (bicyclic) bond motifs is 2. The summed E-state index contributed by atoms with van der Waals surface area (Å²) in [6, 6.07) is 11.0. The molecule has 0 aliphatic carbocycles. The van der Waals surface area contributed by atoms with Crippen molar-refractivity contribution in [1.29, 1.82) is 0 Å². The molecule has 0 spiro atoms. The van der Waals surface area contributed by atoms with Crippen molar-refractivity contribution in [2.75, 3.05) is 18.7 Å². The molecule has 2 aliphatic rings. The van der Waals surface area contributed by atoms with E-state index in [-0.39, 0.29) is 18.3 Å². The van der Waals surface area contributed by atoms with Crippen molar-refractivity contribution in [3.05, 3.63) is 69.0 Å². The number of thiocarbonyl (C=S) groups is 1. The molecule has 35 heavy (non-hydrogen) atoms. The van der Waals surface area contributed by atoms with Gasteiger partial charge in [-0.05, 0) is 42.3 Å². The van der Waals surface area contributed by atoms with Crippen LogP contribution in [0.25, 0.3) is 11.7 Å². The quantitative estimate of drug-likeness (QED) is 0.272. The molecule has 1 N–H and O–H groups in total. The Hall–Kier alpha value is -3.37. The molecule has 1 amide bonds.